The predicted octanol–water partition coefficient (Wildman–Crippen LogP) is 1.23. The molecular weight excluding hydrogens is 400 g/mol. The number of likely N-dealkylation sites (tertiary alicyclic amines) is 1. The van der Waals surface area contributed by atoms with E-state index >= 15 is 0 Å². The standard InChI is InChI=1S/C16H22N2O5S2.ClH/c19-15(10-17-6-1-4-14(17)16(20)21)18(9-13-3-2-7-24-13)12-5-8-25(22,23)11-12;/h2-3,7,12,14H,1,4-6,8-11H2,(H,20,21);1H/t12?,14-;/m0./s1. The molecule has 1 aromatic heterocycles. The normalized spacial score (nSPS) is 24.9. The van der Waals surface area contributed by atoms with Gasteiger partial charge in [0.05, 0.1) is 24.6 Å². The van der Waals surface area contributed by atoms with Crippen molar-refractivity contribution >= 4 is 45.5 Å². The summed E-state index contributed by atoms with van der Waals surface area (Å²) >= 11 is 1.52. The Labute approximate surface area is 163 Å². The second kappa shape index (κ2) is 8.69. The third kappa shape index (κ3) is 4.97. The summed E-state index contributed by atoms with van der Waals surface area (Å²) in [7, 11) is -3.10. The van der Waals surface area contributed by atoms with Crippen molar-refractivity contribution in [2.45, 2.75) is 37.9 Å². The van der Waals surface area contributed by atoms with E-state index in [0.29, 0.717) is 25.9 Å². The molecule has 0 spiro atoms. The molecule has 2 fully saturated rings. The zero-order chi connectivity index (χ0) is 18.0. The quantitative estimate of drug-likeness (QED) is 0.741. The largest absolute Gasteiger partial charge is 0.480 e. The molecule has 0 bridgehead atoms. The first-order chi connectivity index (χ1) is 11.9. The highest BCUT2D eigenvalue weighted by Gasteiger charge is 2.37. The summed E-state index contributed by atoms with van der Waals surface area (Å²) in [5, 5.41) is 11.2. The van der Waals surface area contributed by atoms with Crippen molar-refractivity contribution in [2.75, 3.05) is 24.6 Å². The first-order valence-corrected chi connectivity index (χ1v) is 11.0. The number of hydrogen-bond acceptors (Lipinski definition) is 6. The van der Waals surface area contributed by atoms with E-state index in [1.54, 1.807) is 9.80 Å². The van der Waals surface area contributed by atoms with Gasteiger partial charge in [-0.3, -0.25) is 14.5 Å². The van der Waals surface area contributed by atoms with Crippen molar-refractivity contribution in [3.63, 3.8) is 0 Å². The van der Waals surface area contributed by atoms with Gasteiger partial charge in [0.15, 0.2) is 9.84 Å². The van der Waals surface area contributed by atoms with Crippen molar-refractivity contribution in [3.05, 3.63) is 22.4 Å². The van der Waals surface area contributed by atoms with Crippen molar-refractivity contribution in [1.29, 1.82) is 0 Å². The summed E-state index contributed by atoms with van der Waals surface area (Å²) < 4.78 is 23.7. The van der Waals surface area contributed by atoms with E-state index in [2.05, 4.69) is 0 Å². The van der Waals surface area contributed by atoms with Gasteiger partial charge in [-0.2, -0.15) is 0 Å². The molecule has 0 aromatic carbocycles. The number of nitrogens with zero attached hydrogens (tertiary/aromatic N) is 2. The molecule has 1 N–H and O–H groups in total. The first kappa shape index (κ1) is 21.1. The summed E-state index contributed by atoms with van der Waals surface area (Å²) in [5.74, 6) is -0.998. The second-order valence-electron chi connectivity index (χ2n) is 6.62. The Balaban J connectivity index is 0.00000243. The molecule has 3 heterocycles. The average molecular weight is 423 g/mol. The average Bonchev–Trinajstić information content (AvgIpc) is 3.25. The fourth-order valence-corrected chi connectivity index (χ4v) is 6.01. The molecule has 26 heavy (non-hydrogen) atoms. The lowest BCUT2D eigenvalue weighted by molar-refractivity contribution is -0.143. The number of thiophene rings is 1. The van der Waals surface area contributed by atoms with E-state index in [4.69, 9.17) is 0 Å². The summed E-state index contributed by atoms with van der Waals surface area (Å²) in [6, 6.07) is 2.87. The van der Waals surface area contributed by atoms with Crippen molar-refractivity contribution in [1.82, 2.24) is 9.80 Å². The number of carboxylic acid groups (broad SMARTS) is 1. The van der Waals surface area contributed by atoms with Gasteiger partial charge < -0.3 is 10.0 Å². The van der Waals surface area contributed by atoms with E-state index in [9.17, 15) is 23.1 Å². The van der Waals surface area contributed by atoms with Gasteiger partial charge in [0.25, 0.3) is 0 Å². The summed E-state index contributed by atoms with van der Waals surface area (Å²) in [6.07, 6.45) is 1.75. The molecule has 0 radical (unpaired) electrons. The van der Waals surface area contributed by atoms with Crippen molar-refractivity contribution in [2.24, 2.45) is 0 Å². The molecule has 1 aromatic rings. The third-order valence-corrected chi connectivity index (χ3v) is 7.47. The number of carboxylic acids is 1. The third-order valence-electron chi connectivity index (χ3n) is 4.86. The number of halogens is 1. The lowest BCUT2D eigenvalue weighted by Crippen LogP contribution is -2.48. The van der Waals surface area contributed by atoms with Crippen molar-refractivity contribution < 1.29 is 23.1 Å². The van der Waals surface area contributed by atoms with E-state index in [-0.39, 0.29) is 42.4 Å². The Bertz CT molecular complexity index is 738. The minimum atomic E-state index is -3.10. The maximum absolute atomic E-state index is 12.9. The van der Waals surface area contributed by atoms with Crippen LogP contribution in [0.2, 0.25) is 0 Å². The molecule has 0 saturated carbocycles. The molecule has 1 amide bonds. The van der Waals surface area contributed by atoms with Crippen LogP contribution in [0.4, 0.5) is 0 Å². The van der Waals surface area contributed by atoms with Gasteiger partial charge >= 0.3 is 5.97 Å². The first-order valence-electron chi connectivity index (χ1n) is 8.35. The Kier molecular flexibility index (Phi) is 7.06. The molecule has 2 aliphatic rings. The van der Waals surface area contributed by atoms with Crippen LogP contribution < -0.4 is 0 Å². The zero-order valence-electron chi connectivity index (χ0n) is 14.2. The van der Waals surface area contributed by atoms with Crippen LogP contribution in [0, 0.1) is 0 Å². The van der Waals surface area contributed by atoms with Crippen LogP contribution in [-0.4, -0.2) is 71.9 Å². The zero-order valence-corrected chi connectivity index (χ0v) is 16.7. The maximum atomic E-state index is 12.9. The molecule has 2 atom stereocenters. The topological polar surface area (TPSA) is 95.0 Å². The minimum absolute atomic E-state index is 0. The van der Waals surface area contributed by atoms with Gasteiger partial charge in [0.2, 0.25) is 5.91 Å². The second-order valence-corrected chi connectivity index (χ2v) is 9.89. The van der Waals surface area contributed by atoms with E-state index in [1.165, 1.54) is 11.3 Å². The summed E-state index contributed by atoms with van der Waals surface area (Å²) in [4.78, 5) is 28.5. The number of sulfone groups is 1. The minimum Gasteiger partial charge on any atom is -0.480 e. The Morgan fingerprint density at radius 3 is 2.69 bits per heavy atom. The number of rotatable bonds is 6. The molecule has 7 nitrogen and oxygen atoms in total. The lowest BCUT2D eigenvalue weighted by Gasteiger charge is -2.30. The highest BCUT2D eigenvalue weighted by Crippen LogP contribution is 2.23. The van der Waals surface area contributed by atoms with E-state index < -0.39 is 21.8 Å². The van der Waals surface area contributed by atoms with Crippen LogP contribution in [0.3, 0.4) is 0 Å². The Hall–Kier alpha value is -1.16. The number of amides is 1. The fraction of sp³-hybridized carbons (Fsp3) is 0.625. The Morgan fingerprint density at radius 1 is 1.35 bits per heavy atom. The van der Waals surface area contributed by atoms with Gasteiger partial charge in [0.1, 0.15) is 6.04 Å². The van der Waals surface area contributed by atoms with Crippen LogP contribution in [0.15, 0.2) is 17.5 Å². The number of aliphatic carboxylic acids is 1. The molecule has 1 unspecified atom stereocenters. The number of carbonyl (C=O) groups is 2. The van der Waals surface area contributed by atoms with Crippen LogP contribution >= 0.6 is 23.7 Å². The van der Waals surface area contributed by atoms with Crippen molar-refractivity contribution in [3.8, 4) is 0 Å². The van der Waals surface area contributed by atoms with Crippen LogP contribution in [-0.2, 0) is 26.0 Å². The van der Waals surface area contributed by atoms with Gasteiger partial charge in [-0.1, -0.05) is 6.07 Å². The van der Waals surface area contributed by atoms with E-state index in [1.807, 2.05) is 17.5 Å². The van der Waals surface area contributed by atoms with Gasteiger partial charge in [-0.25, -0.2) is 8.42 Å². The molecular formula is C16H23ClN2O5S2. The van der Waals surface area contributed by atoms with Crippen LogP contribution in [0.25, 0.3) is 0 Å². The molecule has 0 aliphatic carbocycles. The molecule has 10 heteroatoms. The SMILES string of the molecule is Cl.O=C(O)[C@@H]1CCCN1CC(=O)N(Cc1cccs1)C1CCS(=O)(=O)C1. The number of hydrogen-bond donors (Lipinski definition) is 1. The lowest BCUT2D eigenvalue weighted by atomic mass is 10.2. The highest BCUT2D eigenvalue weighted by atomic mass is 35.5. The Morgan fingerprint density at radius 2 is 2.12 bits per heavy atom. The molecule has 2 saturated heterocycles. The van der Waals surface area contributed by atoms with Gasteiger partial charge in [0, 0.05) is 10.9 Å². The molecule has 2 aliphatic heterocycles. The molecule has 146 valence electrons. The van der Waals surface area contributed by atoms with Gasteiger partial charge in [-0.15, -0.1) is 23.7 Å². The number of carbonyl (C=O) groups excluding carboxylic acids is 1. The van der Waals surface area contributed by atoms with Crippen LogP contribution in [0.1, 0.15) is 24.1 Å². The summed E-state index contributed by atoms with van der Waals surface area (Å²) in [5.41, 5.74) is 0. The summed E-state index contributed by atoms with van der Waals surface area (Å²) in [6.45, 7) is 0.986. The molecule has 3 rings (SSSR count). The van der Waals surface area contributed by atoms with Gasteiger partial charge in [-0.05, 0) is 37.3 Å². The predicted molar refractivity (Wildman–Crippen MR) is 101 cm³/mol. The fourth-order valence-electron chi connectivity index (χ4n) is 3.57. The monoisotopic (exact) mass is 422 g/mol. The van der Waals surface area contributed by atoms with E-state index in [0.717, 1.165) is 11.3 Å². The van der Waals surface area contributed by atoms with Crippen LogP contribution in [0.5, 0.6) is 0 Å². The highest BCUT2D eigenvalue weighted by molar-refractivity contribution is 7.91. The maximum Gasteiger partial charge on any atom is 0.320 e. The smallest absolute Gasteiger partial charge is 0.320 e.